The second-order valence-electron chi connectivity index (χ2n) is 5.65. The maximum Gasteiger partial charge on any atom is 0.244 e. The van der Waals surface area contributed by atoms with Crippen molar-refractivity contribution in [2.24, 2.45) is 5.92 Å². The molecule has 8 heteroatoms. The average Bonchev–Trinajstić information content (AvgIpc) is 2.80. The van der Waals surface area contributed by atoms with Crippen molar-refractivity contribution in [2.45, 2.75) is 17.9 Å². The van der Waals surface area contributed by atoms with Gasteiger partial charge < -0.3 is 9.64 Å². The van der Waals surface area contributed by atoms with Crippen molar-refractivity contribution >= 4 is 15.9 Å². The first-order chi connectivity index (χ1) is 10.5. The summed E-state index contributed by atoms with van der Waals surface area (Å²) in [5.41, 5.74) is 0. The van der Waals surface area contributed by atoms with Crippen LogP contribution in [0.4, 0.5) is 0 Å². The number of rotatable bonds is 2. The smallest absolute Gasteiger partial charge is 0.244 e. The number of fused-ring (bicyclic) bond motifs is 1. The van der Waals surface area contributed by atoms with Crippen LogP contribution in [0.25, 0.3) is 0 Å². The molecule has 0 spiro atoms. The number of carbonyl (C=O) groups excluding carboxylic acids is 1. The van der Waals surface area contributed by atoms with Gasteiger partial charge in [-0.1, -0.05) is 0 Å². The van der Waals surface area contributed by atoms with E-state index >= 15 is 0 Å². The van der Waals surface area contributed by atoms with Crippen LogP contribution >= 0.6 is 0 Å². The number of ether oxygens (including phenoxy) is 1. The fourth-order valence-electron chi connectivity index (χ4n) is 2.99. The Hall–Kier alpha value is -1.51. The summed E-state index contributed by atoms with van der Waals surface area (Å²) in [6, 6.07) is 3.15. The van der Waals surface area contributed by atoms with Crippen molar-refractivity contribution in [3.05, 3.63) is 24.5 Å². The molecule has 3 rings (SSSR count). The van der Waals surface area contributed by atoms with Crippen molar-refractivity contribution < 1.29 is 17.9 Å². The van der Waals surface area contributed by atoms with Crippen LogP contribution in [0.2, 0.25) is 0 Å². The summed E-state index contributed by atoms with van der Waals surface area (Å²) in [5, 5.41) is 0. The summed E-state index contributed by atoms with van der Waals surface area (Å²) in [5.74, 6) is 0.00987. The summed E-state index contributed by atoms with van der Waals surface area (Å²) in [6.07, 6.45) is 2.74. The molecule has 0 unspecified atom stereocenters. The molecule has 0 aromatic carbocycles. The van der Waals surface area contributed by atoms with E-state index in [2.05, 4.69) is 4.98 Å². The molecule has 0 bridgehead atoms. The van der Waals surface area contributed by atoms with Crippen LogP contribution in [0.3, 0.4) is 0 Å². The Morgan fingerprint density at radius 2 is 2.18 bits per heavy atom. The molecule has 120 valence electrons. The van der Waals surface area contributed by atoms with Gasteiger partial charge in [-0.2, -0.15) is 4.31 Å². The van der Waals surface area contributed by atoms with Gasteiger partial charge in [-0.15, -0.1) is 0 Å². The van der Waals surface area contributed by atoms with Gasteiger partial charge in [0.25, 0.3) is 0 Å². The highest BCUT2D eigenvalue weighted by Gasteiger charge is 2.42. The van der Waals surface area contributed by atoms with Gasteiger partial charge in [-0.25, -0.2) is 8.42 Å². The number of amides is 1. The van der Waals surface area contributed by atoms with Crippen LogP contribution in [0, 0.1) is 5.92 Å². The molecule has 1 amide bonds. The van der Waals surface area contributed by atoms with Crippen molar-refractivity contribution in [3.8, 4) is 0 Å². The lowest BCUT2D eigenvalue weighted by molar-refractivity contribution is -0.129. The minimum atomic E-state index is -3.56. The highest BCUT2D eigenvalue weighted by Crippen LogP contribution is 2.28. The quantitative estimate of drug-likeness (QED) is 0.762. The van der Waals surface area contributed by atoms with Gasteiger partial charge in [-0.05, 0) is 12.1 Å². The summed E-state index contributed by atoms with van der Waals surface area (Å²) < 4.78 is 32.4. The SMILES string of the molecule is CC(=O)N1CCO[C@@H]2CN(S(=O)(=O)c3cccnc3)C[C@@H]2C1. The molecule has 0 saturated carbocycles. The van der Waals surface area contributed by atoms with Gasteiger partial charge >= 0.3 is 0 Å². The van der Waals surface area contributed by atoms with Crippen LogP contribution in [0.15, 0.2) is 29.4 Å². The summed E-state index contributed by atoms with van der Waals surface area (Å²) >= 11 is 0. The molecule has 0 N–H and O–H groups in total. The zero-order valence-electron chi connectivity index (χ0n) is 12.4. The number of sulfonamides is 1. The highest BCUT2D eigenvalue weighted by atomic mass is 32.2. The first-order valence-electron chi connectivity index (χ1n) is 7.26. The van der Waals surface area contributed by atoms with Crippen molar-refractivity contribution in [2.75, 3.05) is 32.8 Å². The Bertz CT molecular complexity index is 649. The zero-order chi connectivity index (χ0) is 15.7. The predicted molar refractivity (Wildman–Crippen MR) is 78.5 cm³/mol. The lowest BCUT2D eigenvalue weighted by Crippen LogP contribution is -2.36. The van der Waals surface area contributed by atoms with E-state index < -0.39 is 10.0 Å². The van der Waals surface area contributed by atoms with E-state index in [0.29, 0.717) is 32.8 Å². The normalized spacial score (nSPS) is 26.5. The Morgan fingerprint density at radius 1 is 1.36 bits per heavy atom. The van der Waals surface area contributed by atoms with Gasteiger partial charge in [0.2, 0.25) is 15.9 Å². The van der Waals surface area contributed by atoms with E-state index in [1.807, 2.05) is 0 Å². The Balaban J connectivity index is 1.78. The monoisotopic (exact) mass is 325 g/mol. The lowest BCUT2D eigenvalue weighted by Gasteiger charge is -2.22. The van der Waals surface area contributed by atoms with E-state index in [0.717, 1.165) is 0 Å². The Morgan fingerprint density at radius 3 is 2.86 bits per heavy atom. The highest BCUT2D eigenvalue weighted by molar-refractivity contribution is 7.89. The maximum absolute atomic E-state index is 12.6. The zero-order valence-corrected chi connectivity index (χ0v) is 13.2. The molecule has 3 heterocycles. The Kier molecular flexibility index (Phi) is 4.16. The summed E-state index contributed by atoms with van der Waals surface area (Å²) in [4.78, 5) is 17.4. The first kappa shape index (κ1) is 15.4. The van der Waals surface area contributed by atoms with Crippen LogP contribution in [-0.4, -0.2) is 67.4 Å². The third-order valence-corrected chi connectivity index (χ3v) is 6.03. The minimum Gasteiger partial charge on any atom is -0.375 e. The number of nitrogens with zero attached hydrogens (tertiary/aromatic N) is 3. The van der Waals surface area contributed by atoms with Crippen molar-refractivity contribution in [3.63, 3.8) is 0 Å². The number of hydrogen-bond donors (Lipinski definition) is 0. The number of hydrogen-bond acceptors (Lipinski definition) is 5. The molecular weight excluding hydrogens is 306 g/mol. The number of aromatic nitrogens is 1. The molecule has 2 fully saturated rings. The van der Waals surface area contributed by atoms with Crippen molar-refractivity contribution in [1.29, 1.82) is 0 Å². The van der Waals surface area contributed by atoms with Gasteiger partial charge in [0.15, 0.2) is 0 Å². The van der Waals surface area contributed by atoms with E-state index in [9.17, 15) is 13.2 Å². The second kappa shape index (κ2) is 5.94. The van der Waals surface area contributed by atoms with Gasteiger partial charge in [0.1, 0.15) is 4.90 Å². The first-order valence-corrected chi connectivity index (χ1v) is 8.70. The number of pyridine rings is 1. The fraction of sp³-hybridized carbons (Fsp3) is 0.571. The summed E-state index contributed by atoms with van der Waals surface area (Å²) in [7, 11) is -3.56. The Labute approximate surface area is 129 Å². The lowest BCUT2D eigenvalue weighted by atomic mass is 10.1. The average molecular weight is 325 g/mol. The van der Waals surface area contributed by atoms with E-state index in [1.54, 1.807) is 23.2 Å². The number of carbonyl (C=O) groups is 1. The van der Waals surface area contributed by atoms with Crippen LogP contribution < -0.4 is 0 Å². The molecule has 1 aromatic heterocycles. The largest absolute Gasteiger partial charge is 0.375 e. The minimum absolute atomic E-state index is 0.00202. The van der Waals surface area contributed by atoms with Gasteiger partial charge in [0, 0.05) is 51.4 Å². The van der Waals surface area contributed by atoms with Crippen LogP contribution in [0.5, 0.6) is 0 Å². The van der Waals surface area contributed by atoms with Crippen LogP contribution in [-0.2, 0) is 19.6 Å². The molecule has 0 radical (unpaired) electrons. The molecule has 2 atom stereocenters. The van der Waals surface area contributed by atoms with Crippen LogP contribution in [0.1, 0.15) is 6.92 Å². The summed E-state index contributed by atoms with van der Waals surface area (Å²) in [6.45, 7) is 3.77. The van der Waals surface area contributed by atoms with E-state index in [1.165, 1.54) is 17.4 Å². The third-order valence-electron chi connectivity index (χ3n) is 4.21. The van der Waals surface area contributed by atoms with E-state index in [-0.39, 0.29) is 22.8 Å². The van der Waals surface area contributed by atoms with Gasteiger partial charge in [0.05, 0.1) is 12.7 Å². The predicted octanol–water partition coefficient (Wildman–Crippen LogP) is -0.0506. The third kappa shape index (κ3) is 2.86. The topological polar surface area (TPSA) is 79.8 Å². The molecule has 1 aromatic rings. The van der Waals surface area contributed by atoms with Crippen molar-refractivity contribution in [1.82, 2.24) is 14.2 Å². The molecular formula is C14H19N3O4S. The maximum atomic E-state index is 12.6. The van der Waals surface area contributed by atoms with E-state index in [4.69, 9.17) is 4.74 Å². The molecule has 2 aliphatic rings. The van der Waals surface area contributed by atoms with Gasteiger partial charge in [-0.3, -0.25) is 9.78 Å². The molecule has 2 aliphatic heterocycles. The standard InChI is InChI=1S/C14H19N3O4S/c1-11(18)16-5-6-21-14-10-17(9-12(14)8-16)22(19,20)13-3-2-4-15-7-13/h2-4,7,12,14H,5-6,8-10H2,1H3/t12-,14+/m0/s1. The molecule has 2 saturated heterocycles. The molecule has 22 heavy (non-hydrogen) atoms. The molecule has 7 nitrogen and oxygen atoms in total. The second-order valence-corrected chi connectivity index (χ2v) is 7.58. The fourth-order valence-corrected chi connectivity index (χ4v) is 4.46. The molecule has 0 aliphatic carbocycles.